The number of anilines is 3. The molecule has 0 atom stereocenters. The summed E-state index contributed by atoms with van der Waals surface area (Å²) in [6.45, 7) is 5.69. The van der Waals surface area contributed by atoms with Crippen LogP contribution in [-0.4, -0.2) is 35.8 Å². The molecule has 0 unspecified atom stereocenters. The summed E-state index contributed by atoms with van der Waals surface area (Å²) in [5.41, 5.74) is 10.2. The van der Waals surface area contributed by atoms with E-state index >= 15 is 0 Å². The number of benzene rings is 2. The number of hydrogen-bond donors (Lipinski definition) is 3. The zero-order chi connectivity index (χ0) is 26.8. The SMILES string of the molecule is Cc1cccc(COC2CCN(c3ccc(CNc4ccc(C(C)(F)F)cc4N)cn3)CC2)c1.O=CO. The highest BCUT2D eigenvalue weighted by atomic mass is 19.3. The number of nitrogens with one attached hydrogen (secondary N) is 1. The molecular weight excluding hydrogens is 478 g/mol. The lowest BCUT2D eigenvalue weighted by Crippen LogP contribution is -2.37. The van der Waals surface area contributed by atoms with Crippen LogP contribution in [0.2, 0.25) is 0 Å². The predicted molar refractivity (Wildman–Crippen MR) is 142 cm³/mol. The number of nitrogen functional groups attached to an aromatic ring is 1. The fraction of sp³-hybridized carbons (Fsp3) is 0.357. The quantitative estimate of drug-likeness (QED) is 0.267. The van der Waals surface area contributed by atoms with Crippen LogP contribution in [0.3, 0.4) is 0 Å². The maximum Gasteiger partial charge on any atom is 0.290 e. The molecule has 1 aliphatic rings. The molecule has 4 N–H and O–H groups in total. The fourth-order valence-electron chi connectivity index (χ4n) is 4.17. The third kappa shape index (κ3) is 8.42. The summed E-state index contributed by atoms with van der Waals surface area (Å²) in [4.78, 5) is 15.3. The summed E-state index contributed by atoms with van der Waals surface area (Å²) in [6.07, 6.45) is 4.06. The van der Waals surface area contributed by atoms with Gasteiger partial charge in [0.1, 0.15) is 5.82 Å². The second-order valence-electron chi connectivity index (χ2n) is 9.16. The smallest absolute Gasteiger partial charge is 0.290 e. The normalized spacial score (nSPS) is 14.0. The Morgan fingerprint density at radius 1 is 1.16 bits per heavy atom. The average molecular weight is 513 g/mol. The lowest BCUT2D eigenvalue weighted by Gasteiger charge is -2.32. The van der Waals surface area contributed by atoms with Gasteiger partial charge in [0.05, 0.1) is 24.1 Å². The molecule has 1 fully saturated rings. The molecule has 4 rings (SSSR count). The first kappa shape index (κ1) is 27.9. The van der Waals surface area contributed by atoms with Crippen LogP contribution in [0.15, 0.2) is 60.8 Å². The lowest BCUT2D eigenvalue weighted by molar-refractivity contribution is -0.122. The molecular formula is C28H34F2N4O3. The Labute approximate surface area is 216 Å². The van der Waals surface area contributed by atoms with Crippen LogP contribution in [0.4, 0.5) is 26.0 Å². The molecule has 0 spiro atoms. The number of carbonyl (C=O) groups is 1. The summed E-state index contributed by atoms with van der Waals surface area (Å²) in [6, 6.07) is 16.8. The number of pyridine rings is 1. The standard InChI is InChI=1S/C27H32F2N4O.CH2O2/c1-19-4-3-5-20(14-19)18-34-23-10-12-33(13-11-23)26-9-6-21(17-32-26)16-31-25-8-7-22(15-24(25)30)27(2,28)29;2-1-3/h3-9,14-15,17,23,31H,10-13,16,18,30H2,1-2H3;1H,(H,2,3). The van der Waals surface area contributed by atoms with Gasteiger partial charge in [-0.05, 0) is 49.1 Å². The molecule has 37 heavy (non-hydrogen) atoms. The molecule has 0 aliphatic carbocycles. The van der Waals surface area contributed by atoms with E-state index in [2.05, 4.69) is 46.4 Å². The number of ether oxygens (including phenoxy) is 1. The Hall–Kier alpha value is -3.72. The maximum atomic E-state index is 13.5. The predicted octanol–water partition coefficient (Wildman–Crippen LogP) is 5.58. The highest BCUT2D eigenvalue weighted by molar-refractivity contribution is 5.67. The summed E-state index contributed by atoms with van der Waals surface area (Å²) in [5, 5.41) is 10.1. The Kier molecular flexibility index (Phi) is 9.79. The summed E-state index contributed by atoms with van der Waals surface area (Å²) in [7, 11) is 0. The number of nitrogens with zero attached hydrogens (tertiary/aromatic N) is 2. The summed E-state index contributed by atoms with van der Waals surface area (Å²) >= 11 is 0. The van der Waals surface area contributed by atoms with Crippen molar-refractivity contribution in [3.8, 4) is 0 Å². The maximum absolute atomic E-state index is 13.5. The fourth-order valence-corrected chi connectivity index (χ4v) is 4.17. The van der Waals surface area contributed by atoms with E-state index in [4.69, 9.17) is 20.4 Å². The second-order valence-corrected chi connectivity index (χ2v) is 9.16. The van der Waals surface area contributed by atoms with E-state index in [0.29, 0.717) is 24.5 Å². The molecule has 0 amide bonds. The Morgan fingerprint density at radius 2 is 1.89 bits per heavy atom. The molecule has 0 saturated carbocycles. The van der Waals surface area contributed by atoms with Gasteiger partial charge in [0, 0.05) is 38.3 Å². The van der Waals surface area contributed by atoms with Gasteiger partial charge >= 0.3 is 0 Å². The second kappa shape index (κ2) is 13.0. The first-order valence-electron chi connectivity index (χ1n) is 12.2. The Bertz CT molecular complexity index is 1140. The van der Waals surface area contributed by atoms with Gasteiger partial charge < -0.3 is 25.8 Å². The van der Waals surface area contributed by atoms with Gasteiger partial charge in [-0.1, -0.05) is 42.0 Å². The number of hydrogen-bond acceptors (Lipinski definition) is 6. The number of aryl methyl sites for hydroxylation is 1. The number of nitrogens with two attached hydrogens (primary N) is 1. The molecule has 1 aliphatic heterocycles. The van der Waals surface area contributed by atoms with E-state index in [1.807, 2.05) is 18.3 Å². The van der Waals surface area contributed by atoms with Gasteiger partial charge in [0.2, 0.25) is 0 Å². The molecule has 0 radical (unpaired) electrons. The molecule has 3 aromatic rings. The number of alkyl halides is 2. The van der Waals surface area contributed by atoms with E-state index in [1.54, 1.807) is 6.07 Å². The van der Waals surface area contributed by atoms with Crippen LogP contribution in [0.1, 0.15) is 42.0 Å². The minimum atomic E-state index is -2.91. The van der Waals surface area contributed by atoms with Crippen molar-refractivity contribution in [1.29, 1.82) is 0 Å². The zero-order valence-corrected chi connectivity index (χ0v) is 21.2. The topological polar surface area (TPSA) is 101 Å². The first-order chi connectivity index (χ1) is 17.7. The van der Waals surface area contributed by atoms with Gasteiger partial charge in [-0.3, -0.25) is 4.79 Å². The zero-order valence-electron chi connectivity index (χ0n) is 21.2. The van der Waals surface area contributed by atoms with Gasteiger partial charge in [-0.25, -0.2) is 13.8 Å². The largest absolute Gasteiger partial charge is 0.483 e. The van der Waals surface area contributed by atoms with Crippen LogP contribution in [0, 0.1) is 6.92 Å². The molecule has 1 aromatic heterocycles. The van der Waals surface area contributed by atoms with Gasteiger partial charge in [0.15, 0.2) is 0 Å². The monoisotopic (exact) mass is 512 g/mol. The Morgan fingerprint density at radius 3 is 2.49 bits per heavy atom. The van der Waals surface area contributed by atoms with Gasteiger partial charge in [0.25, 0.3) is 12.4 Å². The number of halogens is 2. The first-order valence-corrected chi connectivity index (χ1v) is 12.2. The van der Waals surface area contributed by atoms with Crippen LogP contribution >= 0.6 is 0 Å². The van der Waals surface area contributed by atoms with Crippen molar-refractivity contribution in [3.05, 3.63) is 83.0 Å². The van der Waals surface area contributed by atoms with Gasteiger partial charge in [-0.15, -0.1) is 0 Å². The lowest BCUT2D eigenvalue weighted by atomic mass is 10.1. The van der Waals surface area contributed by atoms with E-state index in [9.17, 15) is 8.78 Å². The van der Waals surface area contributed by atoms with Crippen LogP contribution in [-0.2, 0) is 28.6 Å². The molecule has 0 bridgehead atoms. The van der Waals surface area contributed by atoms with Crippen LogP contribution in [0.25, 0.3) is 0 Å². The van der Waals surface area contributed by atoms with Gasteiger partial charge in [-0.2, -0.15) is 0 Å². The highest BCUT2D eigenvalue weighted by Gasteiger charge is 2.25. The van der Waals surface area contributed by atoms with E-state index in [-0.39, 0.29) is 18.1 Å². The molecule has 2 aromatic carbocycles. The van der Waals surface area contributed by atoms with Crippen molar-refractivity contribution in [3.63, 3.8) is 0 Å². The van der Waals surface area contributed by atoms with Crippen molar-refractivity contribution >= 4 is 23.7 Å². The van der Waals surface area contributed by atoms with E-state index in [1.165, 1.54) is 23.3 Å². The van der Waals surface area contributed by atoms with Crippen molar-refractivity contribution in [2.45, 2.75) is 51.9 Å². The number of aromatic nitrogens is 1. The Balaban J connectivity index is 0.00000121. The minimum Gasteiger partial charge on any atom is -0.483 e. The third-order valence-electron chi connectivity index (χ3n) is 6.18. The number of carboxylic acid groups (broad SMARTS) is 1. The third-order valence-corrected chi connectivity index (χ3v) is 6.18. The van der Waals surface area contributed by atoms with Crippen LogP contribution < -0.4 is 16.0 Å². The van der Waals surface area contributed by atoms with E-state index < -0.39 is 5.92 Å². The molecule has 198 valence electrons. The molecule has 9 heteroatoms. The van der Waals surface area contributed by atoms with Crippen LogP contribution in [0.5, 0.6) is 0 Å². The molecule has 2 heterocycles. The van der Waals surface area contributed by atoms with Crippen molar-refractivity contribution in [1.82, 2.24) is 4.98 Å². The minimum absolute atomic E-state index is 0.0918. The number of rotatable bonds is 8. The number of piperidine rings is 1. The van der Waals surface area contributed by atoms with Crippen molar-refractivity contribution < 1.29 is 23.4 Å². The molecule has 7 nitrogen and oxygen atoms in total. The van der Waals surface area contributed by atoms with Crippen molar-refractivity contribution in [2.75, 3.05) is 29.0 Å². The molecule has 1 saturated heterocycles. The summed E-state index contributed by atoms with van der Waals surface area (Å²) in [5.74, 6) is -1.96. The highest BCUT2D eigenvalue weighted by Crippen LogP contribution is 2.31. The average Bonchev–Trinajstić information content (AvgIpc) is 2.87. The van der Waals surface area contributed by atoms with Crippen molar-refractivity contribution in [2.24, 2.45) is 0 Å². The van der Waals surface area contributed by atoms with E-state index in [0.717, 1.165) is 44.2 Å². The summed E-state index contributed by atoms with van der Waals surface area (Å²) < 4.78 is 33.0.